The van der Waals surface area contributed by atoms with Crippen molar-refractivity contribution in [1.29, 1.82) is 0 Å². The molecule has 0 aliphatic rings. The molecule has 0 N–H and O–H groups in total. The summed E-state index contributed by atoms with van der Waals surface area (Å²) in [6, 6.07) is 9.52. The van der Waals surface area contributed by atoms with E-state index in [4.69, 9.17) is 9.47 Å². The van der Waals surface area contributed by atoms with E-state index < -0.39 is 0 Å². The number of unbranched alkanes of at least 4 members (excludes halogenated alkanes) is 6. The second-order valence-corrected chi connectivity index (χ2v) is 7.12. The molecule has 0 aliphatic carbocycles. The lowest BCUT2D eigenvalue weighted by Crippen LogP contribution is -2.26. The Morgan fingerprint density at radius 3 is 2.22 bits per heavy atom. The second-order valence-electron chi connectivity index (χ2n) is 7.12. The zero-order valence-corrected chi connectivity index (χ0v) is 17.1. The van der Waals surface area contributed by atoms with E-state index in [-0.39, 0.29) is 31.1 Å². The lowest BCUT2D eigenvalue weighted by molar-refractivity contribution is -0.159. The molecule has 0 heterocycles. The summed E-state index contributed by atoms with van der Waals surface area (Å²) in [4.78, 5) is 24.1. The van der Waals surface area contributed by atoms with Crippen molar-refractivity contribution in [3.05, 3.63) is 35.9 Å². The fraction of sp³-hybridized carbons (Fsp3) is 0.652. The summed E-state index contributed by atoms with van der Waals surface area (Å²) in [5.74, 6) is -0.454. The van der Waals surface area contributed by atoms with Crippen LogP contribution in [0.25, 0.3) is 0 Å². The van der Waals surface area contributed by atoms with Gasteiger partial charge in [0.05, 0.1) is 6.42 Å². The minimum absolute atomic E-state index is 0.150. The molecule has 27 heavy (non-hydrogen) atoms. The lowest BCUT2D eigenvalue weighted by atomic mass is 10.1. The fourth-order valence-electron chi connectivity index (χ4n) is 2.92. The predicted molar refractivity (Wildman–Crippen MR) is 109 cm³/mol. The molecule has 0 spiro atoms. The summed E-state index contributed by atoms with van der Waals surface area (Å²) in [6.45, 7) is 4.46. The zero-order valence-electron chi connectivity index (χ0n) is 17.1. The van der Waals surface area contributed by atoms with Crippen molar-refractivity contribution in [3.8, 4) is 0 Å². The molecule has 0 saturated heterocycles. The normalized spacial score (nSPS) is 11.8. The third kappa shape index (κ3) is 12.2. The number of carbonyl (C=O) groups is 2. The Kier molecular flexibility index (Phi) is 13.1. The molecule has 1 rings (SSSR count). The van der Waals surface area contributed by atoms with Crippen LogP contribution in [0.1, 0.15) is 83.6 Å². The average Bonchev–Trinajstić information content (AvgIpc) is 2.67. The Balaban J connectivity index is 2.36. The monoisotopic (exact) mass is 376 g/mol. The lowest BCUT2D eigenvalue weighted by Gasteiger charge is -2.18. The van der Waals surface area contributed by atoms with Gasteiger partial charge in [-0.2, -0.15) is 0 Å². The first-order chi connectivity index (χ1) is 13.2. The van der Waals surface area contributed by atoms with Crippen LogP contribution in [0, 0.1) is 0 Å². The summed E-state index contributed by atoms with van der Waals surface area (Å²) in [6.07, 6.45) is 9.78. The van der Waals surface area contributed by atoms with Crippen LogP contribution in [0.2, 0.25) is 0 Å². The molecule has 1 unspecified atom stereocenters. The van der Waals surface area contributed by atoms with E-state index in [9.17, 15) is 9.59 Å². The van der Waals surface area contributed by atoms with Gasteiger partial charge in [0.15, 0.2) is 0 Å². The summed E-state index contributed by atoms with van der Waals surface area (Å²) in [5, 5.41) is 0. The van der Waals surface area contributed by atoms with E-state index >= 15 is 0 Å². The molecular weight excluding hydrogens is 340 g/mol. The first-order valence-corrected chi connectivity index (χ1v) is 10.5. The average molecular weight is 377 g/mol. The molecule has 0 amide bonds. The zero-order chi connectivity index (χ0) is 19.7. The highest BCUT2D eigenvalue weighted by atomic mass is 16.6. The van der Waals surface area contributed by atoms with E-state index in [1.54, 1.807) is 0 Å². The highest BCUT2D eigenvalue weighted by Crippen LogP contribution is 2.12. The minimum Gasteiger partial charge on any atom is -0.461 e. The maximum Gasteiger partial charge on any atom is 0.310 e. The first kappa shape index (κ1) is 23.2. The van der Waals surface area contributed by atoms with Crippen molar-refractivity contribution in [2.75, 3.05) is 6.61 Å². The third-order valence-corrected chi connectivity index (χ3v) is 4.53. The molecule has 0 bridgehead atoms. The van der Waals surface area contributed by atoms with Crippen molar-refractivity contribution in [2.45, 2.75) is 90.6 Å². The Labute approximate surface area is 164 Å². The van der Waals surface area contributed by atoms with Gasteiger partial charge in [0.2, 0.25) is 0 Å². The van der Waals surface area contributed by atoms with E-state index in [0.29, 0.717) is 6.42 Å². The number of carbonyl (C=O) groups excluding carboxylic acids is 2. The summed E-state index contributed by atoms with van der Waals surface area (Å²) >= 11 is 0. The number of esters is 2. The van der Waals surface area contributed by atoms with Gasteiger partial charge in [-0.05, 0) is 24.8 Å². The van der Waals surface area contributed by atoms with E-state index in [2.05, 4.69) is 13.8 Å². The van der Waals surface area contributed by atoms with Crippen molar-refractivity contribution in [1.82, 2.24) is 0 Å². The number of hydrogen-bond donors (Lipinski definition) is 0. The fourth-order valence-corrected chi connectivity index (χ4v) is 2.92. The van der Waals surface area contributed by atoms with Gasteiger partial charge in [-0.3, -0.25) is 9.59 Å². The summed E-state index contributed by atoms with van der Waals surface area (Å²) < 4.78 is 11.0. The van der Waals surface area contributed by atoms with Crippen molar-refractivity contribution in [2.24, 2.45) is 0 Å². The van der Waals surface area contributed by atoms with Gasteiger partial charge in [-0.25, -0.2) is 0 Å². The molecular formula is C23H36O4. The minimum atomic E-state index is -0.334. The van der Waals surface area contributed by atoms with Gasteiger partial charge >= 0.3 is 11.9 Å². The molecule has 4 heteroatoms. The van der Waals surface area contributed by atoms with Gasteiger partial charge in [-0.15, -0.1) is 0 Å². The third-order valence-electron chi connectivity index (χ3n) is 4.53. The second kappa shape index (κ2) is 15.2. The van der Waals surface area contributed by atoms with Gasteiger partial charge in [0.25, 0.3) is 0 Å². The van der Waals surface area contributed by atoms with Crippen molar-refractivity contribution >= 4 is 11.9 Å². The molecule has 0 radical (unpaired) electrons. The maximum absolute atomic E-state index is 12.1. The number of ether oxygens (including phenoxy) is 2. The Hall–Kier alpha value is -1.84. The molecule has 152 valence electrons. The molecule has 0 fully saturated rings. The standard InChI is InChI=1S/C23H36O4/c1-3-5-7-8-13-17-22(24)27-21(16-10-6-4-2)19-26-23(25)18-20-14-11-9-12-15-20/h9,11-12,14-15,21H,3-8,10,13,16-19H2,1-2H3. The van der Waals surface area contributed by atoms with Crippen LogP contribution < -0.4 is 0 Å². The molecule has 0 aliphatic heterocycles. The largest absolute Gasteiger partial charge is 0.461 e. The molecule has 1 aromatic rings. The Bertz CT molecular complexity index is 512. The van der Waals surface area contributed by atoms with Crippen LogP contribution in [0.15, 0.2) is 30.3 Å². The highest BCUT2D eigenvalue weighted by molar-refractivity contribution is 5.72. The van der Waals surface area contributed by atoms with Crippen LogP contribution in [-0.4, -0.2) is 24.6 Å². The summed E-state index contributed by atoms with van der Waals surface area (Å²) in [5.41, 5.74) is 0.925. The van der Waals surface area contributed by atoms with Gasteiger partial charge in [0, 0.05) is 6.42 Å². The Morgan fingerprint density at radius 2 is 1.52 bits per heavy atom. The molecule has 0 aromatic heterocycles. The summed E-state index contributed by atoms with van der Waals surface area (Å²) in [7, 11) is 0. The van der Waals surface area contributed by atoms with Gasteiger partial charge in [0.1, 0.15) is 12.7 Å². The van der Waals surface area contributed by atoms with Gasteiger partial charge in [-0.1, -0.05) is 82.7 Å². The molecule has 0 saturated carbocycles. The molecule has 1 atom stereocenters. The predicted octanol–water partition coefficient (Wildman–Crippen LogP) is 5.62. The number of benzene rings is 1. The molecule has 4 nitrogen and oxygen atoms in total. The van der Waals surface area contributed by atoms with E-state index in [1.165, 1.54) is 19.3 Å². The van der Waals surface area contributed by atoms with Gasteiger partial charge < -0.3 is 9.47 Å². The Morgan fingerprint density at radius 1 is 0.852 bits per heavy atom. The van der Waals surface area contributed by atoms with Crippen molar-refractivity contribution in [3.63, 3.8) is 0 Å². The topological polar surface area (TPSA) is 52.6 Å². The van der Waals surface area contributed by atoms with Crippen LogP contribution in [0.5, 0.6) is 0 Å². The van der Waals surface area contributed by atoms with E-state index in [1.807, 2.05) is 30.3 Å². The molecule has 1 aromatic carbocycles. The van der Waals surface area contributed by atoms with Crippen LogP contribution >= 0.6 is 0 Å². The quantitative estimate of drug-likeness (QED) is 0.294. The first-order valence-electron chi connectivity index (χ1n) is 10.5. The maximum atomic E-state index is 12.1. The van der Waals surface area contributed by atoms with E-state index in [0.717, 1.165) is 44.1 Å². The van der Waals surface area contributed by atoms with Crippen LogP contribution in [-0.2, 0) is 25.5 Å². The van der Waals surface area contributed by atoms with Crippen molar-refractivity contribution < 1.29 is 19.1 Å². The number of rotatable bonds is 15. The van der Waals surface area contributed by atoms with Crippen LogP contribution in [0.4, 0.5) is 0 Å². The highest BCUT2D eigenvalue weighted by Gasteiger charge is 2.17. The number of hydrogen-bond acceptors (Lipinski definition) is 4. The van der Waals surface area contributed by atoms with Crippen LogP contribution in [0.3, 0.4) is 0 Å². The smallest absolute Gasteiger partial charge is 0.310 e. The SMILES string of the molecule is CCCCCCCC(=O)OC(CCCCC)COC(=O)Cc1ccccc1.